The molecule has 0 fully saturated rings. The summed E-state index contributed by atoms with van der Waals surface area (Å²) in [5.41, 5.74) is 0. The van der Waals surface area contributed by atoms with E-state index in [0.29, 0.717) is 5.16 Å². The highest BCUT2D eigenvalue weighted by Crippen LogP contribution is 2.11. The first-order valence-electron chi connectivity index (χ1n) is 3.95. The van der Waals surface area contributed by atoms with Crippen LogP contribution in [0.4, 0.5) is 0 Å². The zero-order chi connectivity index (χ0) is 8.97. The van der Waals surface area contributed by atoms with Crippen LogP contribution in [0.3, 0.4) is 0 Å². The Hall–Kier alpha value is -0.700. The Morgan fingerprint density at radius 1 is 1.67 bits per heavy atom. The van der Waals surface area contributed by atoms with E-state index in [0.717, 1.165) is 19.6 Å². The van der Waals surface area contributed by atoms with Crippen molar-refractivity contribution in [3.63, 3.8) is 0 Å². The summed E-state index contributed by atoms with van der Waals surface area (Å²) in [5.74, 6) is 0. The topological polar surface area (TPSA) is 15.5 Å². The summed E-state index contributed by atoms with van der Waals surface area (Å²) < 4.78 is 7.10. The molecule has 4 heteroatoms. The Morgan fingerprint density at radius 3 is 3.08 bits per heavy atom. The van der Waals surface area contributed by atoms with Crippen molar-refractivity contribution in [1.29, 1.82) is 0 Å². The minimum Gasteiger partial charge on any atom is -0.496 e. The Kier molecular flexibility index (Phi) is 3.41. The van der Waals surface area contributed by atoms with Crippen LogP contribution < -0.4 is 0 Å². The molecular formula is C8H14ClN2O+. The molecule has 0 radical (unpaired) electrons. The molecule has 12 heavy (non-hydrogen) atoms. The molecule has 0 aromatic rings. The average Bonchev–Trinajstić information content (AvgIpc) is 2.16. The summed E-state index contributed by atoms with van der Waals surface area (Å²) >= 11 is 5.94. The number of rotatable bonds is 1. The second-order valence-electron chi connectivity index (χ2n) is 2.94. The summed E-state index contributed by atoms with van der Waals surface area (Å²) in [5, 5.41) is 0.640. The Balaban J connectivity index is 2.66. The average molecular weight is 190 g/mol. The zero-order valence-electron chi connectivity index (χ0n) is 7.46. The summed E-state index contributed by atoms with van der Waals surface area (Å²) in [7, 11) is 3.94. The minimum atomic E-state index is 0.640. The third-order valence-corrected chi connectivity index (χ3v) is 1.79. The monoisotopic (exact) mass is 189 g/mol. The lowest BCUT2D eigenvalue weighted by molar-refractivity contribution is -0.464. The van der Waals surface area contributed by atoms with Gasteiger partial charge >= 0.3 is 0 Å². The van der Waals surface area contributed by atoms with Crippen molar-refractivity contribution in [3.8, 4) is 0 Å². The maximum atomic E-state index is 5.94. The maximum absolute atomic E-state index is 5.94. The smallest absolute Gasteiger partial charge is 0.239 e. The van der Waals surface area contributed by atoms with Gasteiger partial charge in [0.1, 0.15) is 6.26 Å². The number of halogens is 1. The van der Waals surface area contributed by atoms with Crippen molar-refractivity contribution >= 4 is 17.9 Å². The van der Waals surface area contributed by atoms with Gasteiger partial charge in [0.05, 0.1) is 27.2 Å². The van der Waals surface area contributed by atoms with E-state index in [1.165, 1.54) is 0 Å². The second kappa shape index (κ2) is 4.36. The van der Waals surface area contributed by atoms with Crippen LogP contribution in [0.15, 0.2) is 11.4 Å². The predicted octanol–water partition coefficient (Wildman–Crippen LogP) is 1.05. The maximum Gasteiger partial charge on any atom is 0.239 e. The standard InChI is InChI=1S/C8H14ClN2O/c1-10(2)7-11-4-3-5-12-6-8(11)9/h6-7H,3-5H2,1-2H3/q+1. The van der Waals surface area contributed by atoms with Crippen molar-refractivity contribution in [3.05, 3.63) is 11.4 Å². The van der Waals surface area contributed by atoms with Crippen molar-refractivity contribution < 1.29 is 9.31 Å². The SMILES string of the molecule is C[N+](C)=CN1CCCOC=C1Cl. The van der Waals surface area contributed by atoms with E-state index >= 15 is 0 Å². The summed E-state index contributed by atoms with van der Waals surface area (Å²) in [6.07, 6.45) is 4.54. The van der Waals surface area contributed by atoms with E-state index in [-0.39, 0.29) is 0 Å². The van der Waals surface area contributed by atoms with Crippen LogP contribution in [0, 0.1) is 0 Å². The predicted molar refractivity (Wildman–Crippen MR) is 49.4 cm³/mol. The molecular weight excluding hydrogens is 176 g/mol. The first-order valence-corrected chi connectivity index (χ1v) is 4.33. The van der Waals surface area contributed by atoms with Gasteiger partial charge < -0.3 is 4.74 Å². The van der Waals surface area contributed by atoms with Gasteiger partial charge in [0.25, 0.3) is 0 Å². The molecule has 0 saturated heterocycles. The van der Waals surface area contributed by atoms with E-state index in [4.69, 9.17) is 16.3 Å². The van der Waals surface area contributed by atoms with Crippen molar-refractivity contribution in [2.75, 3.05) is 27.2 Å². The van der Waals surface area contributed by atoms with Gasteiger partial charge in [-0.2, -0.15) is 0 Å². The molecule has 0 aliphatic carbocycles. The van der Waals surface area contributed by atoms with Crippen LogP contribution in [0.1, 0.15) is 6.42 Å². The van der Waals surface area contributed by atoms with E-state index in [1.54, 1.807) is 6.26 Å². The molecule has 3 nitrogen and oxygen atoms in total. The molecule has 68 valence electrons. The highest BCUT2D eigenvalue weighted by atomic mass is 35.5. The third-order valence-electron chi connectivity index (χ3n) is 1.49. The van der Waals surface area contributed by atoms with Crippen LogP contribution in [0.5, 0.6) is 0 Å². The largest absolute Gasteiger partial charge is 0.496 e. The van der Waals surface area contributed by atoms with Gasteiger partial charge in [0, 0.05) is 6.42 Å². The van der Waals surface area contributed by atoms with Crippen LogP contribution in [0.25, 0.3) is 0 Å². The van der Waals surface area contributed by atoms with Crippen LogP contribution in [-0.2, 0) is 4.74 Å². The first kappa shape index (κ1) is 9.39. The van der Waals surface area contributed by atoms with Gasteiger partial charge in [-0.3, -0.25) is 4.58 Å². The van der Waals surface area contributed by atoms with E-state index in [2.05, 4.69) is 0 Å². The molecule has 0 spiro atoms. The fourth-order valence-electron chi connectivity index (χ4n) is 1.01. The lowest BCUT2D eigenvalue weighted by Gasteiger charge is -2.07. The molecule has 1 rings (SSSR count). The molecule has 0 aromatic heterocycles. The van der Waals surface area contributed by atoms with Crippen molar-refractivity contribution in [2.45, 2.75) is 6.42 Å². The molecule has 0 unspecified atom stereocenters. The van der Waals surface area contributed by atoms with Gasteiger partial charge in [-0.25, -0.2) is 4.90 Å². The molecule has 0 N–H and O–H groups in total. The van der Waals surface area contributed by atoms with Crippen LogP contribution in [0.2, 0.25) is 0 Å². The molecule has 0 saturated carbocycles. The van der Waals surface area contributed by atoms with Gasteiger partial charge in [-0.15, -0.1) is 0 Å². The van der Waals surface area contributed by atoms with E-state index in [1.807, 2.05) is 29.9 Å². The zero-order valence-corrected chi connectivity index (χ0v) is 8.21. The van der Waals surface area contributed by atoms with Crippen molar-refractivity contribution in [2.24, 2.45) is 0 Å². The Bertz CT molecular complexity index is 209. The molecule has 0 aromatic carbocycles. The lowest BCUT2D eigenvalue weighted by Crippen LogP contribution is -2.24. The second-order valence-corrected chi connectivity index (χ2v) is 3.32. The number of hydrogen-bond donors (Lipinski definition) is 0. The first-order chi connectivity index (χ1) is 5.70. The lowest BCUT2D eigenvalue weighted by atomic mass is 10.4. The van der Waals surface area contributed by atoms with Gasteiger partial charge in [-0.05, 0) is 11.6 Å². The van der Waals surface area contributed by atoms with Gasteiger partial charge in [0.15, 0.2) is 0 Å². The fourth-order valence-corrected chi connectivity index (χ4v) is 1.20. The Morgan fingerprint density at radius 2 is 2.42 bits per heavy atom. The Labute approximate surface area is 77.9 Å². The van der Waals surface area contributed by atoms with Crippen molar-refractivity contribution in [1.82, 2.24) is 4.90 Å². The third kappa shape index (κ3) is 2.74. The van der Waals surface area contributed by atoms with Gasteiger partial charge in [-0.1, -0.05) is 0 Å². The molecule has 1 aliphatic heterocycles. The summed E-state index contributed by atoms with van der Waals surface area (Å²) in [6.45, 7) is 1.65. The molecule has 0 bridgehead atoms. The van der Waals surface area contributed by atoms with E-state index in [9.17, 15) is 0 Å². The number of nitrogens with zero attached hydrogens (tertiary/aromatic N) is 2. The number of hydrogen-bond acceptors (Lipinski definition) is 1. The highest BCUT2D eigenvalue weighted by molar-refractivity contribution is 6.29. The number of ether oxygens (including phenoxy) is 1. The highest BCUT2D eigenvalue weighted by Gasteiger charge is 2.15. The minimum absolute atomic E-state index is 0.640. The fraction of sp³-hybridized carbons (Fsp3) is 0.625. The van der Waals surface area contributed by atoms with Crippen LogP contribution >= 0.6 is 11.6 Å². The molecule has 1 heterocycles. The summed E-state index contributed by atoms with van der Waals surface area (Å²) in [6, 6.07) is 0. The van der Waals surface area contributed by atoms with Gasteiger partial charge in [0.2, 0.25) is 11.5 Å². The molecule has 1 aliphatic rings. The van der Waals surface area contributed by atoms with E-state index < -0.39 is 0 Å². The molecule has 0 amide bonds. The summed E-state index contributed by atoms with van der Waals surface area (Å²) in [4.78, 5) is 1.97. The quantitative estimate of drug-likeness (QED) is 0.265. The van der Waals surface area contributed by atoms with Crippen LogP contribution in [-0.4, -0.2) is 43.1 Å². The molecule has 0 atom stereocenters. The normalized spacial score (nSPS) is 17.6.